The van der Waals surface area contributed by atoms with Gasteiger partial charge in [0.15, 0.2) is 0 Å². The molecule has 2 rings (SSSR count). The first-order chi connectivity index (χ1) is 7.93. The molecule has 2 aliphatic rings. The van der Waals surface area contributed by atoms with Crippen molar-refractivity contribution in [3.63, 3.8) is 0 Å². The van der Waals surface area contributed by atoms with E-state index < -0.39 is 0 Å². The zero-order chi connectivity index (χ0) is 12.6. The first-order valence-corrected chi connectivity index (χ1v) is 7.44. The molecule has 2 fully saturated rings. The Labute approximate surface area is 107 Å². The van der Waals surface area contributed by atoms with E-state index in [0.29, 0.717) is 17.5 Å². The van der Waals surface area contributed by atoms with Crippen LogP contribution in [0.3, 0.4) is 0 Å². The summed E-state index contributed by atoms with van der Waals surface area (Å²) in [6.07, 6.45) is 6.66. The summed E-state index contributed by atoms with van der Waals surface area (Å²) in [6.45, 7) is 10.6. The molecule has 2 nitrogen and oxygen atoms in total. The van der Waals surface area contributed by atoms with Crippen molar-refractivity contribution in [2.24, 2.45) is 17.1 Å². The molecule has 3 atom stereocenters. The van der Waals surface area contributed by atoms with Crippen LogP contribution in [0.25, 0.3) is 0 Å². The van der Waals surface area contributed by atoms with E-state index in [9.17, 15) is 0 Å². The van der Waals surface area contributed by atoms with Gasteiger partial charge in [0.25, 0.3) is 0 Å². The average Bonchev–Trinajstić information content (AvgIpc) is 3.04. The van der Waals surface area contributed by atoms with Gasteiger partial charge in [-0.1, -0.05) is 27.7 Å². The fraction of sp³-hybridized carbons (Fsp3) is 1.00. The van der Waals surface area contributed by atoms with Gasteiger partial charge in [0.2, 0.25) is 0 Å². The Kier molecular flexibility index (Phi) is 3.84. The quantitative estimate of drug-likeness (QED) is 0.819. The minimum Gasteiger partial charge on any atom is -0.326 e. The molecule has 3 unspecified atom stereocenters. The number of hydrogen-bond donors (Lipinski definition) is 1. The van der Waals surface area contributed by atoms with Gasteiger partial charge in [-0.2, -0.15) is 0 Å². The van der Waals surface area contributed by atoms with Crippen LogP contribution in [0.4, 0.5) is 0 Å². The van der Waals surface area contributed by atoms with Crippen molar-refractivity contribution in [2.75, 3.05) is 6.54 Å². The molecule has 0 aromatic heterocycles. The number of hydrogen-bond acceptors (Lipinski definition) is 2. The van der Waals surface area contributed by atoms with Crippen LogP contribution in [-0.4, -0.2) is 29.6 Å². The lowest BCUT2D eigenvalue weighted by atomic mass is 9.69. The summed E-state index contributed by atoms with van der Waals surface area (Å²) >= 11 is 0. The van der Waals surface area contributed by atoms with Gasteiger partial charge < -0.3 is 5.73 Å². The molecule has 2 aliphatic carbocycles. The van der Waals surface area contributed by atoms with Crippen molar-refractivity contribution in [2.45, 2.75) is 77.9 Å². The largest absolute Gasteiger partial charge is 0.326 e. The molecular formula is C15H30N2. The predicted octanol–water partition coefficient (Wildman–Crippen LogP) is 3.01. The molecule has 100 valence electrons. The third-order valence-corrected chi connectivity index (χ3v) is 4.90. The minimum atomic E-state index is 0.411. The summed E-state index contributed by atoms with van der Waals surface area (Å²) in [5, 5.41) is 0. The van der Waals surface area contributed by atoms with Crippen LogP contribution in [0.5, 0.6) is 0 Å². The molecule has 0 saturated heterocycles. The highest BCUT2D eigenvalue weighted by molar-refractivity contribution is 4.97. The maximum Gasteiger partial charge on any atom is 0.0252 e. The van der Waals surface area contributed by atoms with Gasteiger partial charge in [0, 0.05) is 18.1 Å². The molecule has 2 heteroatoms. The summed E-state index contributed by atoms with van der Waals surface area (Å²) in [6, 6.07) is 1.91. The molecule has 0 amide bonds. The molecule has 0 radical (unpaired) electrons. The Morgan fingerprint density at radius 3 is 2.24 bits per heavy atom. The number of nitrogens with two attached hydrogens (primary N) is 1. The normalized spacial score (nSPS) is 35.3. The first-order valence-electron chi connectivity index (χ1n) is 7.44. The fourth-order valence-electron chi connectivity index (χ4n) is 3.51. The molecule has 0 aromatic rings. The number of nitrogens with zero attached hydrogens (tertiary/aromatic N) is 1. The third kappa shape index (κ3) is 3.03. The maximum absolute atomic E-state index is 6.38. The zero-order valence-corrected chi connectivity index (χ0v) is 12.1. The Hall–Kier alpha value is -0.0800. The minimum absolute atomic E-state index is 0.411. The standard InChI is InChI=1S/C15H30N2/c1-5-17(12-7-8-12)14-10-11(15(2,3)4)6-9-13(14)16/h11-14H,5-10,16H2,1-4H3. The van der Waals surface area contributed by atoms with E-state index in [1.165, 1.54) is 38.6 Å². The average molecular weight is 238 g/mol. The first kappa shape index (κ1) is 13.4. The van der Waals surface area contributed by atoms with Crippen molar-refractivity contribution < 1.29 is 0 Å². The molecule has 0 bridgehead atoms. The summed E-state index contributed by atoms with van der Waals surface area (Å²) in [5.74, 6) is 0.847. The summed E-state index contributed by atoms with van der Waals surface area (Å²) in [4.78, 5) is 2.70. The second-order valence-corrected chi connectivity index (χ2v) is 7.17. The van der Waals surface area contributed by atoms with E-state index >= 15 is 0 Å². The van der Waals surface area contributed by atoms with Crippen LogP contribution in [0.2, 0.25) is 0 Å². The van der Waals surface area contributed by atoms with Gasteiger partial charge in [-0.05, 0) is 50.0 Å². The Morgan fingerprint density at radius 2 is 1.76 bits per heavy atom. The van der Waals surface area contributed by atoms with Gasteiger partial charge in [0.1, 0.15) is 0 Å². The summed E-state index contributed by atoms with van der Waals surface area (Å²) in [5.41, 5.74) is 6.83. The zero-order valence-electron chi connectivity index (χ0n) is 12.1. The predicted molar refractivity (Wildman–Crippen MR) is 74.0 cm³/mol. The lowest BCUT2D eigenvalue weighted by molar-refractivity contribution is 0.0676. The van der Waals surface area contributed by atoms with Gasteiger partial charge in [-0.25, -0.2) is 0 Å². The molecule has 2 N–H and O–H groups in total. The monoisotopic (exact) mass is 238 g/mol. The van der Waals surface area contributed by atoms with E-state index in [1.54, 1.807) is 0 Å². The van der Waals surface area contributed by atoms with E-state index in [1.807, 2.05) is 0 Å². The van der Waals surface area contributed by atoms with Gasteiger partial charge in [-0.3, -0.25) is 4.90 Å². The van der Waals surface area contributed by atoms with Gasteiger partial charge in [0.05, 0.1) is 0 Å². The van der Waals surface area contributed by atoms with Crippen molar-refractivity contribution in [3.8, 4) is 0 Å². The molecule has 0 heterocycles. The van der Waals surface area contributed by atoms with Gasteiger partial charge in [-0.15, -0.1) is 0 Å². The van der Waals surface area contributed by atoms with Crippen LogP contribution >= 0.6 is 0 Å². The van der Waals surface area contributed by atoms with E-state index in [0.717, 1.165) is 12.0 Å². The Balaban J connectivity index is 2.03. The lowest BCUT2D eigenvalue weighted by Gasteiger charge is -2.45. The lowest BCUT2D eigenvalue weighted by Crippen LogP contribution is -2.53. The van der Waals surface area contributed by atoms with Gasteiger partial charge >= 0.3 is 0 Å². The van der Waals surface area contributed by atoms with Crippen molar-refractivity contribution >= 4 is 0 Å². The highest BCUT2D eigenvalue weighted by atomic mass is 15.2. The fourth-order valence-corrected chi connectivity index (χ4v) is 3.51. The SMILES string of the molecule is CCN(C1CC1)C1CC(C(C)(C)C)CCC1N. The second kappa shape index (κ2) is 4.89. The Bertz CT molecular complexity index is 252. The highest BCUT2D eigenvalue weighted by Crippen LogP contribution is 2.41. The van der Waals surface area contributed by atoms with Crippen LogP contribution in [0.1, 0.15) is 59.8 Å². The molecular weight excluding hydrogens is 208 g/mol. The number of likely N-dealkylation sites (N-methyl/N-ethyl adjacent to an activating group) is 1. The van der Waals surface area contributed by atoms with Crippen molar-refractivity contribution in [1.82, 2.24) is 4.90 Å². The topological polar surface area (TPSA) is 29.3 Å². The second-order valence-electron chi connectivity index (χ2n) is 7.17. The number of rotatable bonds is 3. The van der Waals surface area contributed by atoms with Crippen LogP contribution in [0, 0.1) is 11.3 Å². The van der Waals surface area contributed by atoms with E-state index in [2.05, 4.69) is 32.6 Å². The van der Waals surface area contributed by atoms with Crippen LogP contribution in [-0.2, 0) is 0 Å². The molecule has 0 spiro atoms. The molecule has 2 saturated carbocycles. The highest BCUT2D eigenvalue weighted by Gasteiger charge is 2.41. The molecule has 17 heavy (non-hydrogen) atoms. The van der Waals surface area contributed by atoms with E-state index in [4.69, 9.17) is 5.73 Å². The summed E-state index contributed by atoms with van der Waals surface area (Å²) < 4.78 is 0. The van der Waals surface area contributed by atoms with Crippen LogP contribution in [0.15, 0.2) is 0 Å². The Morgan fingerprint density at radius 1 is 1.12 bits per heavy atom. The van der Waals surface area contributed by atoms with Crippen molar-refractivity contribution in [1.29, 1.82) is 0 Å². The maximum atomic E-state index is 6.38. The molecule has 0 aliphatic heterocycles. The molecule has 0 aromatic carbocycles. The van der Waals surface area contributed by atoms with E-state index in [-0.39, 0.29) is 0 Å². The summed E-state index contributed by atoms with van der Waals surface area (Å²) in [7, 11) is 0. The third-order valence-electron chi connectivity index (χ3n) is 4.90. The van der Waals surface area contributed by atoms with Crippen LogP contribution < -0.4 is 5.73 Å². The smallest absolute Gasteiger partial charge is 0.0252 e. The van der Waals surface area contributed by atoms with Crippen molar-refractivity contribution in [3.05, 3.63) is 0 Å².